The molecule has 0 fully saturated rings. The van der Waals surface area contributed by atoms with Crippen molar-refractivity contribution in [1.29, 1.82) is 0 Å². The molecule has 0 aromatic rings. The third kappa shape index (κ3) is 1.73. The van der Waals surface area contributed by atoms with Gasteiger partial charge in [0, 0.05) is 26.5 Å². The number of nitrogens with zero attached hydrogens (tertiary/aromatic N) is 3. The number of allylic oxidation sites excluding steroid dienone is 1. The molecule has 0 spiro atoms. The molecular weight excluding hydrogens is 140 g/mol. The third-order valence-corrected chi connectivity index (χ3v) is 1.45. The Morgan fingerprint density at radius 1 is 1.55 bits per heavy atom. The van der Waals surface area contributed by atoms with Crippen molar-refractivity contribution in [1.82, 2.24) is 15.4 Å². The molecule has 4 heteroatoms. The maximum absolute atomic E-state index is 4.06. The van der Waals surface area contributed by atoms with Gasteiger partial charge in [-0.1, -0.05) is 6.58 Å². The molecule has 0 bridgehead atoms. The van der Waals surface area contributed by atoms with E-state index in [9.17, 15) is 0 Å². The summed E-state index contributed by atoms with van der Waals surface area (Å²) in [4.78, 5) is 0. The summed E-state index contributed by atoms with van der Waals surface area (Å²) < 4.78 is 0. The average molecular weight is 152 g/mol. The molecule has 11 heavy (non-hydrogen) atoms. The maximum atomic E-state index is 4.06. The fourth-order valence-corrected chi connectivity index (χ4v) is 0.695. The van der Waals surface area contributed by atoms with Gasteiger partial charge in [0.2, 0.25) is 0 Å². The average Bonchev–Trinajstić information content (AvgIpc) is 2.00. The summed E-state index contributed by atoms with van der Waals surface area (Å²) in [5.41, 5.74) is 2.98. The lowest BCUT2D eigenvalue weighted by Crippen LogP contribution is -2.35. The first-order valence-corrected chi connectivity index (χ1v) is 3.33. The number of nitrogens with one attached hydrogen (secondary N) is 1. The third-order valence-electron chi connectivity index (χ3n) is 1.45. The lowest BCUT2D eigenvalue weighted by atomic mass is 10.6. The SMILES string of the molecule is C=C1N(C)/N=C\C=C/NN1C. The molecule has 1 rings (SSSR count). The van der Waals surface area contributed by atoms with Crippen molar-refractivity contribution in [3.63, 3.8) is 0 Å². The highest BCUT2D eigenvalue weighted by Gasteiger charge is 2.04. The Bertz CT molecular complexity index is 206. The molecule has 0 amide bonds. The van der Waals surface area contributed by atoms with Gasteiger partial charge in [0.05, 0.1) is 0 Å². The van der Waals surface area contributed by atoms with E-state index in [4.69, 9.17) is 0 Å². The number of hydrazone groups is 1. The number of hydrogen-bond donors (Lipinski definition) is 1. The van der Waals surface area contributed by atoms with Crippen LogP contribution in [0.25, 0.3) is 0 Å². The van der Waals surface area contributed by atoms with Gasteiger partial charge in [0.1, 0.15) is 5.82 Å². The van der Waals surface area contributed by atoms with E-state index in [1.54, 1.807) is 22.4 Å². The first-order chi connectivity index (χ1) is 5.22. The van der Waals surface area contributed by atoms with Crippen LogP contribution in [-0.2, 0) is 0 Å². The zero-order valence-electron chi connectivity index (χ0n) is 6.78. The Kier molecular flexibility index (Phi) is 2.15. The number of hydrogen-bond acceptors (Lipinski definition) is 4. The van der Waals surface area contributed by atoms with E-state index >= 15 is 0 Å². The van der Waals surface area contributed by atoms with E-state index in [-0.39, 0.29) is 0 Å². The summed E-state index contributed by atoms with van der Waals surface area (Å²) in [5, 5.41) is 7.53. The topological polar surface area (TPSA) is 30.9 Å². The summed E-state index contributed by atoms with van der Waals surface area (Å²) in [6, 6.07) is 0. The standard InChI is InChI=1S/C7H12N4/c1-7-10(2)8-5-4-6-9-11(7)3/h4-6,8H,1H2,2-3H3/b5-4-,9-6-. The normalized spacial score (nSPS) is 23.6. The van der Waals surface area contributed by atoms with E-state index in [0.29, 0.717) is 0 Å². The smallest absolute Gasteiger partial charge is 0.135 e. The van der Waals surface area contributed by atoms with Gasteiger partial charge >= 0.3 is 0 Å². The second kappa shape index (κ2) is 3.09. The lowest BCUT2D eigenvalue weighted by molar-refractivity contribution is 0.240. The van der Waals surface area contributed by atoms with Crippen molar-refractivity contribution >= 4 is 6.21 Å². The number of rotatable bonds is 0. The first-order valence-electron chi connectivity index (χ1n) is 3.33. The highest BCUT2D eigenvalue weighted by molar-refractivity contribution is 5.70. The molecule has 4 nitrogen and oxygen atoms in total. The molecule has 0 aromatic carbocycles. The van der Waals surface area contributed by atoms with Crippen molar-refractivity contribution in [2.24, 2.45) is 5.10 Å². The van der Waals surface area contributed by atoms with Crippen molar-refractivity contribution in [2.45, 2.75) is 0 Å². The minimum Gasteiger partial charge on any atom is -0.305 e. The fraction of sp³-hybridized carbons (Fsp3) is 0.286. The Hall–Kier alpha value is -1.45. The van der Waals surface area contributed by atoms with Gasteiger partial charge in [-0.05, 0) is 6.08 Å². The second-order valence-electron chi connectivity index (χ2n) is 2.25. The van der Waals surface area contributed by atoms with Crippen LogP contribution in [0.4, 0.5) is 0 Å². The molecule has 0 aliphatic carbocycles. The number of hydrazine groups is 1. The Morgan fingerprint density at radius 2 is 2.27 bits per heavy atom. The minimum atomic E-state index is 0.797. The predicted molar refractivity (Wildman–Crippen MR) is 45.4 cm³/mol. The van der Waals surface area contributed by atoms with Crippen LogP contribution < -0.4 is 5.43 Å². The van der Waals surface area contributed by atoms with Crippen LogP contribution in [0, 0.1) is 0 Å². The van der Waals surface area contributed by atoms with Gasteiger partial charge in [-0.15, -0.1) is 0 Å². The molecule has 1 N–H and O–H groups in total. The van der Waals surface area contributed by atoms with Crippen LogP contribution >= 0.6 is 0 Å². The molecular formula is C7H12N4. The first kappa shape index (κ1) is 7.65. The van der Waals surface area contributed by atoms with Crippen molar-refractivity contribution in [3.05, 3.63) is 24.7 Å². The van der Waals surface area contributed by atoms with Crippen LogP contribution in [0.3, 0.4) is 0 Å². The summed E-state index contributed by atoms with van der Waals surface area (Å²) in [7, 11) is 3.72. The molecule has 0 radical (unpaired) electrons. The van der Waals surface area contributed by atoms with Gasteiger partial charge in [0.15, 0.2) is 0 Å². The van der Waals surface area contributed by atoms with Crippen LogP contribution in [-0.4, -0.2) is 30.3 Å². The van der Waals surface area contributed by atoms with E-state index in [1.807, 2.05) is 20.2 Å². The molecule has 0 saturated carbocycles. The molecule has 0 atom stereocenters. The second-order valence-corrected chi connectivity index (χ2v) is 2.25. The van der Waals surface area contributed by atoms with Crippen LogP contribution in [0.2, 0.25) is 0 Å². The summed E-state index contributed by atoms with van der Waals surface area (Å²) in [6.45, 7) is 3.82. The summed E-state index contributed by atoms with van der Waals surface area (Å²) in [6.07, 6.45) is 5.31. The highest BCUT2D eigenvalue weighted by atomic mass is 15.6. The largest absolute Gasteiger partial charge is 0.305 e. The molecule has 1 aliphatic heterocycles. The summed E-state index contributed by atoms with van der Waals surface area (Å²) in [5.74, 6) is 0.797. The van der Waals surface area contributed by atoms with Gasteiger partial charge in [-0.25, -0.2) is 0 Å². The van der Waals surface area contributed by atoms with Crippen molar-refractivity contribution in [2.75, 3.05) is 14.1 Å². The van der Waals surface area contributed by atoms with Crippen molar-refractivity contribution in [3.8, 4) is 0 Å². The van der Waals surface area contributed by atoms with Crippen LogP contribution in [0.5, 0.6) is 0 Å². The molecule has 0 aromatic heterocycles. The Balaban J connectivity index is 2.75. The van der Waals surface area contributed by atoms with E-state index < -0.39 is 0 Å². The maximum Gasteiger partial charge on any atom is 0.135 e. The predicted octanol–water partition coefficient (Wildman–Crippen LogP) is 0.339. The zero-order chi connectivity index (χ0) is 8.27. The Labute approximate surface area is 66.4 Å². The fourth-order valence-electron chi connectivity index (χ4n) is 0.695. The Morgan fingerprint density at radius 3 is 3.00 bits per heavy atom. The summed E-state index contributed by atoms with van der Waals surface area (Å²) >= 11 is 0. The monoisotopic (exact) mass is 152 g/mol. The molecule has 0 unspecified atom stereocenters. The molecule has 1 heterocycles. The molecule has 1 aliphatic rings. The lowest BCUT2D eigenvalue weighted by Gasteiger charge is -2.26. The van der Waals surface area contributed by atoms with E-state index in [1.165, 1.54) is 0 Å². The molecule has 60 valence electrons. The van der Waals surface area contributed by atoms with Crippen molar-refractivity contribution < 1.29 is 0 Å². The van der Waals surface area contributed by atoms with Gasteiger partial charge in [-0.3, -0.25) is 10.0 Å². The van der Waals surface area contributed by atoms with Gasteiger partial charge < -0.3 is 5.43 Å². The van der Waals surface area contributed by atoms with E-state index in [0.717, 1.165) is 5.82 Å². The quantitative estimate of drug-likeness (QED) is 0.543. The van der Waals surface area contributed by atoms with E-state index in [2.05, 4.69) is 17.1 Å². The van der Waals surface area contributed by atoms with Crippen LogP contribution in [0.15, 0.2) is 29.8 Å². The highest BCUT2D eigenvalue weighted by Crippen LogP contribution is 2.01. The van der Waals surface area contributed by atoms with Gasteiger partial charge in [0.25, 0.3) is 0 Å². The zero-order valence-corrected chi connectivity index (χ0v) is 6.78. The van der Waals surface area contributed by atoms with Crippen LogP contribution in [0.1, 0.15) is 0 Å². The van der Waals surface area contributed by atoms with Gasteiger partial charge in [-0.2, -0.15) is 5.10 Å². The molecule has 0 saturated heterocycles. The minimum absolute atomic E-state index is 0.797.